The van der Waals surface area contributed by atoms with Gasteiger partial charge in [-0.1, -0.05) is 38.7 Å². The highest BCUT2D eigenvalue weighted by molar-refractivity contribution is 5.32. The maximum Gasteiger partial charge on any atom is 0.429 e. The van der Waals surface area contributed by atoms with E-state index in [1.165, 1.54) is 25.7 Å². The highest BCUT2D eigenvalue weighted by Crippen LogP contribution is 2.43. The van der Waals surface area contributed by atoms with E-state index in [-0.39, 0.29) is 17.7 Å². The molecule has 36 heavy (non-hydrogen) atoms. The van der Waals surface area contributed by atoms with Crippen molar-refractivity contribution >= 4 is 0 Å². The number of rotatable bonds is 7. The average Bonchev–Trinajstić information content (AvgIpc) is 2.84. The van der Waals surface area contributed by atoms with Crippen LogP contribution in [0.25, 0.3) is 0 Å². The van der Waals surface area contributed by atoms with Gasteiger partial charge in [0, 0.05) is 17.7 Å². The minimum Gasteiger partial charge on any atom is -0.429 e. The van der Waals surface area contributed by atoms with Crippen LogP contribution in [0.1, 0.15) is 75.5 Å². The Morgan fingerprint density at radius 1 is 0.833 bits per heavy atom. The molecule has 1 heterocycles. The summed E-state index contributed by atoms with van der Waals surface area (Å²) in [5.74, 6) is -8.14. The summed E-state index contributed by atoms with van der Waals surface area (Å²) in [6.07, 6.45) is 3.08. The zero-order valence-corrected chi connectivity index (χ0v) is 19.9. The third-order valence-corrected chi connectivity index (χ3v) is 7.54. The Bertz CT molecular complexity index is 1040. The van der Waals surface area contributed by atoms with Crippen LogP contribution in [0.15, 0.2) is 24.3 Å². The van der Waals surface area contributed by atoms with Gasteiger partial charge in [0.25, 0.3) is 0 Å². The van der Waals surface area contributed by atoms with Gasteiger partial charge in [-0.15, -0.1) is 0 Å². The fourth-order valence-electron chi connectivity index (χ4n) is 5.58. The predicted molar refractivity (Wildman–Crippen MR) is 119 cm³/mol. The highest BCUT2D eigenvalue weighted by atomic mass is 19.3. The van der Waals surface area contributed by atoms with Crippen molar-refractivity contribution in [1.82, 2.24) is 0 Å². The second-order valence-electron chi connectivity index (χ2n) is 9.88. The molecule has 0 amide bonds. The first-order chi connectivity index (χ1) is 17.1. The first kappa shape index (κ1) is 26.8. The van der Waals surface area contributed by atoms with Crippen LogP contribution in [-0.4, -0.2) is 6.61 Å². The smallest absolute Gasteiger partial charge is 0.429 e. The lowest BCUT2D eigenvalue weighted by Crippen LogP contribution is -2.30. The van der Waals surface area contributed by atoms with Gasteiger partial charge in [0.2, 0.25) is 0 Å². The molecule has 0 N–H and O–H groups in total. The lowest BCUT2D eigenvalue weighted by atomic mass is 9.73. The molecule has 0 bridgehead atoms. The summed E-state index contributed by atoms with van der Waals surface area (Å²) in [5, 5.41) is 0. The van der Waals surface area contributed by atoms with Gasteiger partial charge in [-0.3, -0.25) is 0 Å². The normalized spacial score (nSPS) is 25.1. The molecule has 198 valence electrons. The van der Waals surface area contributed by atoms with Gasteiger partial charge in [-0.05, 0) is 49.5 Å². The Kier molecular flexibility index (Phi) is 8.17. The van der Waals surface area contributed by atoms with Crippen LogP contribution in [0.4, 0.5) is 30.7 Å². The van der Waals surface area contributed by atoms with Gasteiger partial charge in [-0.2, -0.15) is 8.78 Å². The van der Waals surface area contributed by atoms with Crippen LogP contribution in [0.5, 0.6) is 5.75 Å². The minimum absolute atomic E-state index is 0.170. The van der Waals surface area contributed by atoms with Crippen molar-refractivity contribution < 1.29 is 40.2 Å². The van der Waals surface area contributed by atoms with E-state index in [0.29, 0.717) is 30.9 Å². The van der Waals surface area contributed by atoms with Crippen molar-refractivity contribution in [2.24, 2.45) is 17.8 Å². The van der Waals surface area contributed by atoms with Crippen molar-refractivity contribution in [3.8, 4) is 5.75 Å². The zero-order chi connectivity index (χ0) is 26.0. The molecule has 2 fully saturated rings. The molecular weight excluding hydrogens is 489 g/mol. The molecule has 0 spiro atoms. The molecule has 2 aromatic carbocycles. The lowest BCUT2D eigenvalue weighted by Gasteiger charge is -2.38. The predicted octanol–water partition coefficient (Wildman–Crippen LogP) is 8.58. The third kappa shape index (κ3) is 5.66. The van der Waals surface area contributed by atoms with E-state index in [2.05, 4.69) is 11.7 Å². The Morgan fingerprint density at radius 2 is 1.47 bits per heavy atom. The van der Waals surface area contributed by atoms with Gasteiger partial charge >= 0.3 is 6.11 Å². The fraction of sp³-hybridized carbons (Fsp3) is 0.556. The van der Waals surface area contributed by atoms with Crippen LogP contribution in [0, 0.1) is 46.8 Å². The van der Waals surface area contributed by atoms with Crippen LogP contribution < -0.4 is 4.74 Å². The fourth-order valence-corrected chi connectivity index (χ4v) is 5.58. The molecule has 0 radical (unpaired) electrons. The number of hydrogen-bond acceptors (Lipinski definition) is 2. The van der Waals surface area contributed by atoms with Crippen LogP contribution in [0.2, 0.25) is 0 Å². The molecular formula is C27H29F7O2. The largest absolute Gasteiger partial charge is 0.429 e. The Labute approximate surface area is 205 Å². The van der Waals surface area contributed by atoms with E-state index in [1.54, 1.807) is 0 Å². The summed E-state index contributed by atoms with van der Waals surface area (Å²) < 4.78 is 108. The molecule has 9 heteroatoms. The molecule has 2 aliphatic rings. The second-order valence-corrected chi connectivity index (χ2v) is 9.88. The van der Waals surface area contributed by atoms with E-state index in [9.17, 15) is 30.7 Å². The molecule has 2 atom stereocenters. The van der Waals surface area contributed by atoms with Gasteiger partial charge in [0.1, 0.15) is 11.3 Å². The minimum atomic E-state index is -4.48. The summed E-state index contributed by atoms with van der Waals surface area (Å²) in [6, 6.07) is 2.06. The molecule has 1 aliphatic heterocycles. The summed E-state index contributed by atoms with van der Waals surface area (Å²) >= 11 is 0. The van der Waals surface area contributed by atoms with Crippen LogP contribution in [-0.2, 0) is 10.8 Å². The Balaban J connectivity index is 1.42. The SMILES string of the molecule is CCCC1CCC(C2CCC(c3ccc(C(F)(F)Oc4cc(F)c(F)c(F)c4)c(F)c3F)OC2)CC1. The molecule has 1 aliphatic carbocycles. The van der Waals surface area contributed by atoms with Crippen molar-refractivity contribution in [3.63, 3.8) is 0 Å². The summed E-state index contributed by atoms with van der Waals surface area (Å²) in [5.41, 5.74) is -1.62. The number of alkyl halides is 2. The van der Waals surface area contributed by atoms with Gasteiger partial charge in [0.05, 0.1) is 12.7 Å². The molecule has 4 rings (SSSR count). The van der Waals surface area contributed by atoms with Gasteiger partial charge in [0.15, 0.2) is 29.1 Å². The maximum absolute atomic E-state index is 14.9. The Hall–Kier alpha value is -2.29. The van der Waals surface area contributed by atoms with E-state index in [1.807, 2.05) is 0 Å². The quantitative estimate of drug-likeness (QED) is 0.270. The summed E-state index contributed by atoms with van der Waals surface area (Å²) in [4.78, 5) is 0. The highest BCUT2D eigenvalue weighted by Gasteiger charge is 2.41. The lowest BCUT2D eigenvalue weighted by molar-refractivity contribution is -0.188. The standard InChI is InChI=1S/C27H29F7O2/c1-2-3-15-4-6-16(7-5-15)17-8-11-23(35-14-17)19-9-10-20(25(31)24(19)30)27(33,34)36-18-12-21(28)26(32)22(29)13-18/h9-10,12-13,15-17,23H,2-8,11,14H2,1H3. The Morgan fingerprint density at radius 3 is 2.06 bits per heavy atom. The third-order valence-electron chi connectivity index (χ3n) is 7.54. The van der Waals surface area contributed by atoms with Gasteiger partial charge < -0.3 is 9.47 Å². The summed E-state index contributed by atoms with van der Waals surface area (Å²) in [7, 11) is 0. The number of halogens is 7. The number of hydrogen-bond donors (Lipinski definition) is 0. The van der Waals surface area contributed by atoms with Crippen molar-refractivity contribution in [2.45, 2.75) is 70.5 Å². The molecule has 2 unspecified atom stereocenters. The average molecular weight is 519 g/mol. The van der Waals surface area contributed by atoms with Crippen molar-refractivity contribution in [1.29, 1.82) is 0 Å². The number of benzene rings is 2. The maximum atomic E-state index is 14.9. The topological polar surface area (TPSA) is 18.5 Å². The first-order valence-electron chi connectivity index (χ1n) is 12.4. The van der Waals surface area contributed by atoms with Crippen molar-refractivity contribution in [2.75, 3.05) is 6.61 Å². The van der Waals surface area contributed by atoms with Crippen molar-refractivity contribution in [3.05, 3.63) is 64.5 Å². The van der Waals surface area contributed by atoms with E-state index in [0.717, 1.165) is 31.2 Å². The second kappa shape index (κ2) is 11.0. The van der Waals surface area contributed by atoms with E-state index < -0.39 is 52.6 Å². The van der Waals surface area contributed by atoms with E-state index in [4.69, 9.17) is 4.74 Å². The molecule has 2 nitrogen and oxygen atoms in total. The number of ether oxygens (including phenoxy) is 2. The van der Waals surface area contributed by atoms with Crippen LogP contribution in [0.3, 0.4) is 0 Å². The zero-order valence-electron chi connectivity index (χ0n) is 19.9. The monoisotopic (exact) mass is 518 g/mol. The first-order valence-corrected chi connectivity index (χ1v) is 12.4. The molecule has 1 saturated carbocycles. The summed E-state index contributed by atoms with van der Waals surface area (Å²) in [6.45, 7) is 2.59. The van der Waals surface area contributed by atoms with Gasteiger partial charge in [-0.25, -0.2) is 22.0 Å². The van der Waals surface area contributed by atoms with Crippen LogP contribution >= 0.6 is 0 Å². The van der Waals surface area contributed by atoms with E-state index >= 15 is 0 Å². The molecule has 1 saturated heterocycles. The molecule has 2 aromatic rings. The molecule has 0 aromatic heterocycles.